The Balaban J connectivity index is 2.29. The lowest BCUT2D eigenvalue weighted by Crippen LogP contribution is -2.33. The first-order valence-electron chi connectivity index (χ1n) is 5.14. The highest BCUT2D eigenvalue weighted by atomic mass is 32.2. The van der Waals surface area contributed by atoms with Crippen LogP contribution < -0.4 is 5.32 Å². The predicted molar refractivity (Wildman–Crippen MR) is 61.8 cm³/mol. The Morgan fingerprint density at radius 1 is 1.56 bits per heavy atom. The van der Waals surface area contributed by atoms with Crippen molar-refractivity contribution in [3.63, 3.8) is 0 Å². The number of nitrogens with zero attached hydrogens (tertiary/aromatic N) is 5. The smallest absolute Gasteiger partial charge is 0.209 e. The molecule has 88 valence electrons. The zero-order valence-corrected chi connectivity index (χ0v) is 10.5. The molecule has 0 saturated carbocycles. The van der Waals surface area contributed by atoms with Crippen LogP contribution in [0.1, 0.15) is 20.3 Å². The SMILES string of the molecule is CC(C)NC(C#N)CCSc1nnnn1C. The molecule has 1 N–H and O–H groups in total. The Hall–Kier alpha value is -1.13. The largest absolute Gasteiger partial charge is 0.300 e. The molecule has 1 rings (SSSR count). The maximum absolute atomic E-state index is 8.92. The molecule has 0 aliphatic heterocycles. The molecule has 0 aliphatic carbocycles. The summed E-state index contributed by atoms with van der Waals surface area (Å²) in [5.74, 6) is 0.826. The molecular formula is C9H16N6S. The van der Waals surface area contributed by atoms with E-state index >= 15 is 0 Å². The standard InChI is InChI=1S/C9H16N6S/c1-7(2)11-8(6-10)4-5-16-9-12-13-14-15(9)3/h7-8,11H,4-5H2,1-3H3. The van der Waals surface area contributed by atoms with Crippen molar-refractivity contribution in [3.8, 4) is 6.07 Å². The second-order valence-electron chi connectivity index (χ2n) is 3.73. The maximum Gasteiger partial charge on any atom is 0.209 e. The molecule has 16 heavy (non-hydrogen) atoms. The van der Waals surface area contributed by atoms with Gasteiger partial charge in [0.2, 0.25) is 5.16 Å². The molecule has 1 atom stereocenters. The van der Waals surface area contributed by atoms with E-state index < -0.39 is 0 Å². The van der Waals surface area contributed by atoms with Crippen molar-refractivity contribution in [3.05, 3.63) is 0 Å². The van der Waals surface area contributed by atoms with Gasteiger partial charge < -0.3 is 0 Å². The minimum Gasteiger partial charge on any atom is -0.300 e. The summed E-state index contributed by atoms with van der Waals surface area (Å²) in [5, 5.41) is 24.0. The number of aromatic nitrogens is 4. The van der Waals surface area contributed by atoms with Crippen molar-refractivity contribution in [2.75, 3.05) is 5.75 Å². The number of aryl methyl sites for hydroxylation is 1. The second kappa shape index (κ2) is 6.45. The minimum atomic E-state index is -0.103. The van der Waals surface area contributed by atoms with Gasteiger partial charge in [-0.15, -0.1) is 5.10 Å². The number of rotatable bonds is 6. The average molecular weight is 240 g/mol. The lowest BCUT2D eigenvalue weighted by atomic mass is 10.2. The van der Waals surface area contributed by atoms with Crippen LogP contribution in [0.5, 0.6) is 0 Å². The first-order chi connectivity index (χ1) is 7.63. The van der Waals surface area contributed by atoms with Gasteiger partial charge >= 0.3 is 0 Å². The van der Waals surface area contributed by atoms with Crippen LogP contribution in [0.3, 0.4) is 0 Å². The zero-order valence-electron chi connectivity index (χ0n) is 9.71. The van der Waals surface area contributed by atoms with E-state index in [1.165, 1.54) is 0 Å². The van der Waals surface area contributed by atoms with Crippen molar-refractivity contribution >= 4 is 11.8 Å². The number of hydrogen-bond acceptors (Lipinski definition) is 6. The van der Waals surface area contributed by atoms with Gasteiger partial charge in [-0.3, -0.25) is 5.32 Å². The normalized spacial score (nSPS) is 12.7. The number of nitrogens with one attached hydrogen (secondary N) is 1. The summed E-state index contributed by atoms with van der Waals surface area (Å²) < 4.78 is 1.63. The molecule has 6 nitrogen and oxygen atoms in total. The molecule has 0 radical (unpaired) electrons. The third-order valence-electron chi connectivity index (χ3n) is 1.91. The van der Waals surface area contributed by atoms with Gasteiger partial charge in [0, 0.05) is 18.8 Å². The van der Waals surface area contributed by atoms with Gasteiger partial charge in [0.25, 0.3) is 0 Å². The fourth-order valence-electron chi connectivity index (χ4n) is 1.20. The van der Waals surface area contributed by atoms with Gasteiger partial charge in [0.15, 0.2) is 0 Å². The van der Waals surface area contributed by atoms with Gasteiger partial charge in [0.1, 0.15) is 0 Å². The summed E-state index contributed by atoms with van der Waals surface area (Å²) in [6.07, 6.45) is 0.784. The molecule has 1 heterocycles. The van der Waals surface area contributed by atoms with E-state index in [-0.39, 0.29) is 6.04 Å². The van der Waals surface area contributed by atoms with Crippen LogP contribution in [0.4, 0.5) is 0 Å². The van der Waals surface area contributed by atoms with Gasteiger partial charge in [-0.1, -0.05) is 11.8 Å². The van der Waals surface area contributed by atoms with E-state index in [1.54, 1.807) is 23.5 Å². The van der Waals surface area contributed by atoms with Crippen molar-refractivity contribution < 1.29 is 0 Å². The van der Waals surface area contributed by atoms with Crippen LogP contribution in [-0.2, 0) is 7.05 Å². The lowest BCUT2D eigenvalue weighted by Gasteiger charge is -2.13. The van der Waals surface area contributed by atoms with Crippen molar-refractivity contribution in [1.29, 1.82) is 5.26 Å². The Bertz CT molecular complexity index is 355. The highest BCUT2D eigenvalue weighted by molar-refractivity contribution is 7.99. The number of tetrazole rings is 1. The summed E-state index contributed by atoms with van der Waals surface area (Å²) >= 11 is 1.56. The Labute approximate surface area is 99.4 Å². The van der Waals surface area contributed by atoms with Gasteiger partial charge in [-0.2, -0.15) is 5.26 Å². The van der Waals surface area contributed by atoms with Crippen LogP contribution in [0.25, 0.3) is 0 Å². The van der Waals surface area contributed by atoms with E-state index in [9.17, 15) is 0 Å². The monoisotopic (exact) mass is 240 g/mol. The van der Waals surface area contributed by atoms with E-state index in [0.717, 1.165) is 17.3 Å². The molecule has 0 fully saturated rings. The fourth-order valence-corrected chi connectivity index (χ4v) is 2.05. The third kappa shape index (κ3) is 4.16. The summed E-state index contributed by atoms with van der Waals surface area (Å²) in [6, 6.07) is 2.47. The van der Waals surface area contributed by atoms with E-state index in [4.69, 9.17) is 5.26 Å². The molecule has 1 aromatic rings. The molecule has 0 spiro atoms. The van der Waals surface area contributed by atoms with Crippen LogP contribution in [-0.4, -0.2) is 38.0 Å². The molecule has 7 heteroatoms. The fraction of sp³-hybridized carbons (Fsp3) is 0.778. The first kappa shape index (κ1) is 12.9. The van der Waals surface area contributed by atoms with Gasteiger partial charge in [-0.05, 0) is 30.7 Å². The molecule has 0 aliphatic rings. The van der Waals surface area contributed by atoms with Crippen LogP contribution in [0.15, 0.2) is 5.16 Å². The van der Waals surface area contributed by atoms with E-state index in [0.29, 0.717) is 6.04 Å². The topological polar surface area (TPSA) is 79.4 Å². The molecule has 0 saturated heterocycles. The maximum atomic E-state index is 8.92. The average Bonchev–Trinajstić information content (AvgIpc) is 2.62. The number of thioether (sulfide) groups is 1. The second-order valence-corrected chi connectivity index (χ2v) is 4.79. The van der Waals surface area contributed by atoms with Crippen LogP contribution >= 0.6 is 11.8 Å². The molecule has 0 amide bonds. The summed E-state index contributed by atoms with van der Waals surface area (Å²) in [5.41, 5.74) is 0. The highest BCUT2D eigenvalue weighted by Crippen LogP contribution is 2.14. The summed E-state index contributed by atoms with van der Waals surface area (Å²) in [6.45, 7) is 4.06. The molecule has 1 unspecified atom stereocenters. The number of hydrogen-bond donors (Lipinski definition) is 1. The van der Waals surface area contributed by atoms with E-state index in [2.05, 4.69) is 26.9 Å². The zero-order chi connectivity index (χ0) is 12.0. The summed E-state index contributed by atoms with van der Waals surface area (Å²) in [7, 11) is 1.80. The highest BCUT2D eigenvalue weighted by Gasteiger charge is 2.09. The molecule has 0 aromatic carbocycles. The van der Waals surface area contributed by atoms with Gasteiger partial charge in [0.05, 0.1) is 12.1 Å². The van der Waals surface area contributed by atoms with Crippen molar-refractivity contribution in [2.45, 2.75) is 37.5 Å². The Morgan fingerprint density at radius 2 is 2.31 bits per heavy atom. The number of nitriles is 1. The summed E-state index contributed by atoms with van der Waals surface area (Å²) in [4.78, 5) is 0. The quantitative estimate of drug-likeness (QED) is 0.733. The predicted octanol–water partition coefficient (Wildman–Crippen LogP) is 0.582. The Kier molecular flexibility index (Phi) is 5.22. The van der Waals surface area contributed by atoms with Gasteiger partial charge in [-0.25, -0.2) is 4.68 Å². The Morgan fingerprint density at radius 3 is 2.81 bits per heavy atom. The van der Waals surface area contributed by atoms with Crippen LogP contribution in [0, 0.1) is 11.3 Å². The van der Waals surface area contributed by atoms with Crippen molar-refractivity contribution in [1.82, 2.24) is 25.5 Å². The first-order valence-corrected chi connectivity index (χ1v) is 6.13. The molecular weight excluding hydrogens is 224 g/mol. The molecule has 1 aromatic heterocycles. The molecule has 0 bridgehead atoms. The lowest BCUT2D eigenvalue weighted by molar-refractivity contribution is 0.522. The minimum absolute atomic E-state index is 0.103. The van der Waals surface area contributed by atoms with Crippen LogP contribution in [0.2, 0.25) is 0 Å². The third-order valence-corrected chi connectivity index (χ3v) is 2.95. The van der Waals surface area contributed by atoms with E-state index in [1.807, 2.05) is 13.8 Å². The van der Waals surface area contributed by atoms with Crippen molar-refractivity contribution in [2.24, 2.45) is 7.05 Å².